The van der Waals surface area contributed by atoms with E-state index in [1.165, 1.54) is 11.3 Å². The summed E-state index contributed by atoms with van der Waals surface area (Å²) < 4.78 is 10.6. The Balaban J connectivity index is 1.50. The van der Waals surface area contributed by atoms with Crippen molar-refractivity contribution in [3.05, 3.63) is 46.6 Å². The quantitative estimate of drug-likeness (QED) is 0.655. The second kappa shape index (κ2) is 7.20. The fourth-order valence-electron chi connectivity index (χ4n) is 2.82. The Morgan fingerprint density at radius 1 is 1.37 bits per heavy atom. The van der Waals surface area contributed by atoms with Gasteiger partial charge in [-0.15, -0.1) is 11.3 Å². The summed E-state index contributed by atoms with van der Waals surface area (Å²) in [6.45, 7) is 2.33. The maximum Gasteiger partial charge on any atom is 0.311 e. The Bertz CT molecular complexity index is 1010. The monoisotopic (exact) mass is 384 g/mol. The molecule has 0 saturated carbocycles. The number of esters is 1. The molecule has 0 atom stereocenters. The summed E-state index contributed by atoms with van der Waals surface area (Å²) in [5.74, 6) is 0.0369. The fourth-order valence-corrected chi connectivity index (χ4v) is 3.52. The summed E-state index contributed by atoms with van der Waals surface area (Å²) in [6.07, 6.45) is 0.0737. The highest BCUT2D eigenvalue weighted by atomic mass is 32.1. The number of anilines is 1. The maximum absolute atomic E-state index is 12.6. The van der Waals surface area contributed by atoms with E-state index in [0.29, 0.717) is 34.4 Å². The van der Waals surface area contributed by atoms with Crippen LogP contribution >= 0.6 is 11.3 Å². The number of aromatic amines is 1. The molecular weight excluding hydrogens is 368 g/mol. The van der Waals surface area contributed by atoms with Gasteiger partial charge in [0.15, 0.2) is 5.13 Å². The number of hydrogen-bond donors (Lipinski definition) is 2. The van der Waals surface area contributed by atoms with Gasteiger partial charge in [0.25, 0.3) is 5.91 Å². The number of nitrogens with zero attached hydrogens (tertiary/aromatic N) is 2. The van der Waals surface area contributed by atoms with Crippen LogP contribution in [0.25, 0.3) is 11.3 Å². The lowest BCUT2D eigenvalue weighted by molar-refractivity contribution is -0.142. The molecule has 3 heterocycles. The molecule has 1 amide bonds. The summed E-state index contributed by atoms with van der Waals surface area (Å²) in [5, 5.41) is 11.9. The lowest BCUT2D eigenvalue weighted by atomic mass is 10.0. The second-order valence-corrected chi connectivity index (χ2v) is 6.65. The molecule has 0 spiro atoms. The van der Waals surface area contributed by atoms with E-state index in [-0.39, 0.29) is 24.9 Å². The Morgan fingerprint density at radius 3 is 3.07 bits per heavy atom. The van der Waals surface area contributed by atoms with Crippen LogP contribution < -0.4 is 10.1 Å². The Hall–Kier alpha value is -3.20. The van der Waals surface area contributed by atoms with E-state index in [1.807, 2.05) is 24.3 Å². The standard InChI is InChI=1S/C18H16N4O4S/c1-2-25-14(23)7-10-9-27-18(19-10)20-17(24)16-12-8-26-13-6-4-3-5-11(13)15(12)21-22-16/h3-6,9H,2,7-8H2,1H3,(H,21,22)(H,19,20,24). The number of benzene rings is 1. The lowest BCUT2D eigenvalue weighted by Gasteiger charge is -2.16. The van der Waals surface area contributed by atoms with Crippen molar-refractivity contribution in [3.63, 3.8) is 0 Å². The van der Waals surface area contributed by atoms with Crippen LogP contribution in [-0.4, -0.2) is 33.7 Å². The average Bonchev–Trinajstić information content (AvgIpc) is 3.28. The number of hydrogen-bond acceptors (Lipinski definition) is 7. The Morgan fingerprint density at radius 2 is 2.22 bits per heavy atom. The summed E-state index contributed by atoms with van der Waals surface area (Å²) >= 11 is 1.24. The van der Waals surface area contributed by atoms with E-state index in [1.54, 1.807) is 12.3 Å². The van der Waals surface area contributed by atoms with Crippen LogP contribution in [0, 0.1) is 0 Å². The van der Waals surface area contributed by atoms with Crippen molar-refractivity contribution in [2.24, 2.45) is 0 Å². The minimum atomic E-state index is -0.358. The van der Waals surface area contributed by atoms with Gasteiger partial charge in [0.1, 0.15) is 23.7 Å². The van der Waals surface area contributed by atoms with Gasteiger partial charge in [0, 0.05) is 16.5 Å². The zero-order chi connectivity index (χ0) is 18.8. The minimum absolute atomic E-state index is 0.0737. The highest BCUT2D eigenvalue weighted by Crippen LogP contribution is 2.37. The van der Waals surface area contributed by atoms with Crippen molar-refractivity contribution < 1.29 is 19.1 Å². The maximum atomic E-state index is 12.6. The predicted octanol–water partition coefficient (Wildman–Crippen LogP) is 2.78. The third kappa shape index (κ3) is 3.41. The van der Waals surface area contributed by atoms with E-state index < -0.39 is 0 Å². The topological polar surface area (TPSA) is 106 Å². The van der Waals surface area contributed by atoms with Gasteiger partial charge in [0.2, 0.25) is 0 Å². The molecule has 0 aliphatic carbocycles. The highest BCUT2D eigenvalue weighted by molar-refractivity contribution is 7.14. The number of aromatic nitrogens is 3. The first-order valence-electron chi connectivity index (χ1n) is 8.36. The van der Waals surface area contributed by atoms with Gasteiger partial charge in [0.05, 0.1) is 18.7 Å². The van der Waals surface area contributed by atoms with Crippen LogP contribution in [0.5, 0.6) is 5.75 Å². The first-order valence-corrected chi connectivity index (χ1v) is 9.24. The van der Waals surface area contributed by atoms with Gasteiger partial charge >= 0.3 is 5.97 Å². The number of ether oxygens (including phenoxy) is 2. The number of fused-ring (bicyclic) bond motifs is 3. The summed E-state index contributed by atoms with van der Waals surface area (Å²) in [6, 6.07) is 7.55. The normalized spacial score (nSPS) is 11.9. The molecule has 4 rings (SSSR count). The van der Waals surface area contributed by atoms with Gasteiger partial charge in [-0.3, -0.25) is 20.0 Å². The molecule has 0 radical (unpaired) electrons. The van der Waals surface area contributed by atoms with Crippen molar-refractivity contribution in [2.75, 3.05) is 11.9 Å². The van der Waals surface area contributed by atoms with E-state index in [9.17, 15) is 9.59 Å². The molecule has 0 saturated heterocycles. The van der Waals surface area contributed by atoms with Gasteiger partial charge in [-0.05, 0) is 19.1 Å². The molecule has 2 aromatic heterocycles. The van der Waals surface area contributed by atoms with Crippen LogP contribution in [0.3, 0.4) is 0 Å². The molecule has 0 unspecified atom stereocenters. The van der Waals surface area contributed by atoms with Crippen molar-refractivity contribution in [2.45, 2.75) is 20.0 Å². The van der Waals surface area contributed by atoms with Crippen LogP contribution in [0.2, 0.25) is 0 Å². The number of rotatable bonds is 5. The van der Waals surface area contributed by atoms with E-state index in [4.69, 9.17) is 9.47 Å². The summed E-state index contributed by atoms with van der Waals surface area (Å²) in [5.41, 5.74) is 3.15. The third-order valence-corrected chi connectivity index (χ3v) is 4.82. The van der Waals surface area contributed by atoms with Crippen molar-refractivity contribution in [1.29, 1.82) is 0 Å². The van der Waals surface area contributed by atoms with Gasteiger partial charge in [-0.1, -0.05) is 12.1 Å². The molecular formula is C18H16N4O4S. The fraction of sp³-hybridized carbons (Fsp3) is 0.222. The first kappa shape index (κ1) is 17.2. The first-order chi connectivity index (χ1) is 13.2. The number of H-pyrrole nitrogens is 1. The molecule has 27 heavy (non-hydrogen) atoms. The minimum Gasteiger partial charge on any atom is -0.488 e. The van der Waals surface area contributed by atoms with Crippen molar-refractivity contribution in [3.8, 4) is 17.0 Å². The molecule has 9 heteroatoms. The van der Waals surface area contributed by atoms with E-state index in [0.717, 1.165) is 11.3 Å². The molecule has 3 aromatic rings. The van der Waals surface area contributed by atoms with E-state index >= 15 is 0 Å². The molecule has 8 nitrogen and oxygen atoms in total. The van der Waals surface area contributed by atoms with Gasteiger partial charge in [-0.2, -0.15) is 5.10 Å². The summed E-state index contributed by atoms with van der Waals surface area (Å²) in [7, 11) is 0. The van der Waals surface area contributed by atoms with Crippen LogP contribution in [-0.2, 0) is 22.6 Å². The highest BCUT2D eigenvalue weighted by Gasteiger charge is 2.26. The Kier molecular flexibility index (Phi) is 4.59. The summed E-state index contributed by atoms with van der Waals surface area (Å²) in [4.78, 5) is 28.4. The second-order valence-electron chi connectivity index (χ2n) is 5.79. The van der Waals surface area contributed by atoms with Crippen LogP contribution in [0.4, 0.5) is 5.13 Å². The lowest BCUT2D eigenvalue weighted by Crippen LogP contribution is -2.16. The van der Waals surface area contributed by atoms with Gasteiger partial charge in [-0.25, -0.2) is 4.98 Å². The largest absolute Gasteiger partial charge is 0.488 e. The number of para-hydroxylation sites is 1. The van der Waals surface area contributed by atoms with Crippen molar-refractivity contribution >= 4 is 28.3 Å². The molecule has 1 aromatic carbocycles. The molecule has 138 valence electrons. The van der Waals surface area contributed by atoms with Crippen LogP contribution in [0.15, 0.2) is 29.6 Å². The predicted molar refractivity (Wildman–Crippen MR) is 98.8 cm³/mol. The zero-order valence-electron chi connectivity index (χ0n) is 14.4. The Labute approximate surface area is 158 Å². The molecule has 0 fully saturated rings. The van der Waals surface area contributed by atoms with Crippen molar-refractivity contribution in [1.82, 2.24) is 15.2 Å². The molecule has 2 N–H and O–H groups in total. The average molecular weight is 384 g/mol. The third-order valence-electron chi connectivity index (χ3n) is 4.01. The number of thiazole rings is 1. The number of carbonyl (C=O) groups excluding carboxylic acids is 2. The zero-order valence-corrected chi connectivity index (χ0v) is 15.3. The molecule has 0 bridgehead atoms. The number of nitrogens with one attached hydrogen (secondary N) is 2. The molecule has 1 aliphatic heterocycles. The SMILES string of the molecule is CCOC(=O)Cc1csc(NC(=O)c2[nH]nc3c2COc2ccccc2-3)n1. The molecule has 1 aliphatic rings. The smallest absolute Gasteiger partial charge is 0.311 e. The number of carbonyl (C=O) groups is 2. The van der Waals surface area contributed by atoms with Crippen LogP contribution in [0.1, 0.15) is 28.7 Å². The number of amides is 1. The van der Waals surface area contributed by atoms with Gasteiger partial charge < -0.3 is 9.47 Å². The van der Waals surface area contributed by atoms with E-state index in [2.05, 4.69) is 20.5 Å².